The molecule has 0 aromatic heterocycles. The highest BCUT2D eigenvalue weighted by atomic mass is 16.2. The van der Waals surface area contributed by atoms with Gasteiger partial charge in [-0.2, -0.15) is 0 Å². The van der Waals surface area contributed by atoms with E-state index in [0.717, 1.165) is 51.0 Å². The highest BCUT2D eigenvalue weighted by Gasteiger charge is 2.35. The van der Waals surface area contributed by atoms with Crippen LogP contribution >= 0.6 is 0 Å². The fourth-order valence-electron chi connectivity index (χ4n) is 3.96. The highest BCUT2D eigenvalue weighted by Crippen LogP contribution is 2.34. The lowest BCUT2D eigenvalue weighted by molar-refractivity contribution is 0.0773. The van der Waals surface area contributed by atoms with Crippen molar-refractivity contribution in [2.75, 3.05) is 26.2 Å². The Kier molecular flexibility index (Phi) is 5.05. The molecule has 1 aromatic rings. The first-order valence-electron chi connectivity index (χ1n) is 9.19. The van der Waals surface area contributed by atoms with Gasteiger partial charge in [-0.05, 0) is 68.2 Å². The molecule has 1 amide bonds. The average molecular weight is 314 g/mol. The minimum Gasteiger partial charge on any atom is -0.338 e. The molecule has 126 valence electrons. The van der Waals surface area contributed by atoms with Gasteiger partial charge in [-0.1, -0.05) is 32.0 Å². The zero-order valence-electron chi connectivity index (χ0n) is 14.6. The molecule has 0 saturated carbocycles. The molecular formula is C20H30N2O. The summed E-state index contributed by atoms with van der Waals surface area (Å²) in [5, 5.41) is 3.42. The summed E-state index contributed by atoms with van der Waals surface area (Å²) < 4.78 is 0. The van der Waals surface area contributed by atoms with E-state index in [4.69, 9.17) is 0 Å². The van der Waals surface area contributed by atoms with Gasteiger partial charge in [0.1, 0.15) is 0 Å². The molecule has 1 atom stereocenters. The topological polar surface area (TPSA) is 32.3 Å². The average Bonchev–Trinajstić information content (AvgIpc) is 2.99. The van der Waals surface area contributed by atoms with Crippen molar-refractivity contribution in [3.63, 3.8) is 0 Å². The summed E-state index contributed by atoms with van der Waals surface area (Å²) in [5.74, 6) is 0.955. The summed E-state index contributed by atoms with van der Waals surface area (Å²) in [6.45, 7) is 8.58. The number of nitrogens with one attached hydrogen (secondary N) is 1. The van der Waals surface area contributed by atoms with E-state index in [-0.39, 0.29) is 5.91 Å². The minimum atomic E-state index is 0.242. The standard InChI is InChI=1S/C20H30N2O/c1-3-20(2)10-13-22(15-20)19(23)18-7-5-4-6-17(18)14-16-8-11-21-12-9-16/h4-7,16,21H,3,8-15H2,1-2H3. The zero-order valence-corrected chi connectivity index (χ0v) is 14.6. The Labute approximate surface area is 140 Å². The van der Waals surface area contributed by atoms with E-state index in [1.807, 2.05) is 12.1 Å². The lowest BCUT2D eigenvalue weighted by Crippen LogP contribution is -2.32. The largest absolute Gasteiger partial charge is 0.338 e. The van der Waals surface area contributed by atoms with E-state index in [1.54, 1.807) is 0 Å². The van der Waals surface area contributed by atoms with Gasteiger partial charge in [0.25, 0.3) is 5.91 Å². The number of carbonyl (C=O) groups excluding carboxylic acids is 1. The first-order valence-corrected chi connectivity index (χ1v) is 9.19. The van der Waals surface area contributed by atoms with E-state index in [9.17, 15) is 4.79 Å². The SMILES string of the molecule is CCC1(C)CCN(C(=O)c2ccccc2CC2CCNCC2)C1. The van der Waals surface area contributed by atoms with Crippen molar-refractivity contribution < 1.29 is 4.79 Å². The van der Waals surface area contributed by atoms with Crippen LogP contribution in [0.3, 0.4) is 0 Å². The van der Waals surface area contributed by atoms with Crippen molar-refractivity contribution in [3.8, 4) is 0 Å². The van der Waals surface area contributed by atoms with Gasteiger partial charge in [-0.15, -0.1) is 0 Å². The molecule has 3 rings (SSSR count). The second-order valence-corrected chi connectivity index (χ2v) is 7.70. The van der Waals surface area contributed by atoms with Gasteiger partial charge in [-0.3, -0.25) is 4.79 Å². The Morgan fingerprint density at radius 2 is 2.04 bits per heavy atom. The van der Waals surface area contributed by atoms with Gasteiger partial charge in [0.2, 0.25) is 0 Å². The maximum Gasteiger partial charge on any atom is 0.254 e. The number of benzene rings is 1. The van der Waals surface area contributed by atoms with Crippen LogP contribution in [0.2, 0.25) is 0 Å². The summed E-state index contributed by atoms with van der Waals surface area (Å²) in [6, 6.07) is 8.27. The molecule has 2 heterocycles. The Hall–Kier alpha value is -1.35. The lowest BCUT2D eigenvalue weighted by atomic mass is 9.87. The van der Waals surface area contributed by atoms with Crippen molar-refractivity contribution >= 4 is 5.91 Å². The molecule has 0 bridgehead atoms. The van der Waals surface area contributed by atoms with Crippen LogP contribution in [0.5, 0.6) is 0 Å². The molecule has 1 unspecified atom stereocenters. The first-order chi connectivity index (χ1) is 11.1. The molecule has 1 N–H and O–H groups in total. The number of amides is 1. The predicted molar refractivity (Wildman–Crippen MR) is 94.7 cm³/mol. The summed E-state index contributed by atoms with van der Waals surface area (Å²) in [6.07, 6.45) is 5.77. The van der Waals surface area contributed by atoms with Crippen LogP contribution in [0, 0.1) is 11.3 Å². The molecule has 1 aromatic carbocycles. The molecule has 0 aliphatic carbocycles. The molecule has 3 heteroatoms. The fraction of sp³-hybridized carbons (Fsp3) is 0.650. The summed E-state index contributed by atoms with van der Waals surface area (Å²) in [7, 11) is 0. The van der Waals surface area contributed by atoms with Gasteiger partial charge < -0.3 is 10.2 Å². The van der Waals surface area contributed by atoms with Crippen molar-refractivity contribution in [3.05, 3.63) is 35.4 Å². The van der Waals surface area contributed by atoms with Crippen molar-refractivity contribution in [2.45, 2.75) is 46.0 Å². The normalized spacial score (nSPS) is 25.7. The number of piperidine rings is 1. The number of hydrogen-bond acceptors (Lipinski definition) is 2. The third kappa shape index (κ3) is 3.77. The summed E-state index contributed by atoms with van der Waals surface area (Å²) in [5.41, 5.74) is 2.49. The van der Waals surface area contributed by atoms with Gasteiger partial charge in [0.05, 0.1) is 0 Å². The van der Waals surface area contributed by atoms with Crippen LogP contribution in [0.4, 0.5) is 0 Å². The zero-order chi connectivity index (χ0) is 16.3. The molecule has 0 spiro atoms. The number of hydrogen-bond donors (Lipinski definition) is 1. The molecule has 2 aliphatic rings. The molecule has 3 nitrogen and oxygen atoms in total. The molecule has 2 saturated heterocycles. The Morgan fingerprint density at radius 3 is 2.74 bits per heavy atom. The van der Waals surface area contributed by atoms with E-state index >= 15 is 0 Å². The van der Waals surface area contributed by atoms with Crippen LogP contribution in [0.25, 0.3) is 0 Å². The van der Waals surface area contributed by atoms with Gasteiger partial charge in [-0.25, -0.2) is 0 Å². The molecule has 2 aliphatic heterocycles. The second-order valence-electron chi connectivity index (χ2n) is 7.70. The maximum atomic E-state index is 13.0. The summed E-state index contributed by atoms with van der Waals surface area (Å²) >= 11 is 0. The smallest absolute Gasteiger partial charge is 0.254 e. The molecule has 0 radical (unpaired) electrons. The molecule has 2 fully saturated rings. The predicted octanol–water partition coefficient (Wildman–Crippen LogP) is 3.49. The lowest BCUT2D eigenvalue weighted by Gasteiger charge is -2.25. The number of likely N-dealkylation sites (tertiary alicyclic amines) is 1. The Balaban J connectivity index is 1.73. The number of rotatable bonds is 4. The Bertz CT molecular complexity index is 550. The van der Waals surface area contributed by atoms with Crippen molar-refractivity contribution in [1.29, 1.82) is 0 Å². The first kappa shape index (κ1) is 16.5. The van der Waals surface area contributed by atoms with Crippen LogP contribution in [0.1, 0.15) is 55.5 Å². The van der Waals surface area contributed by atoms with E-state index < -0.39 is 0 Å². The summed E-state index contributed by atoms with van der Waals surface area (Å²) in [4.78, 5) is 15.1. The van der Waals surface area contributed by atoms with Gasteiger partial charge in [0.15, 0.2) is 0 Å². The van der Waals surface area contributed by atoms with Crippen LogP contribution < -0.4 is 5.32 Å². The van der Waals surface area contributed by atoms with Gasteiger partial charge >= 0.3 is 0 Å². The van der Waals surface area contributed by atoms with Crippen LogP contribution in [-0.4, -0.2) is 37.0 Å². The fourth-order valence-corrected chi connectivity index (χ4v) is 3.96. The second kappa shape index (κ2) is 7.04. The van der Waals surface area contributed by atoms with E-state index in [0.29, 0.717) is 11.3 Å². The van der Waals surface area contributed by atoms with Crippen LogP contribution in [0.15, 0.2) is 24.3 Å². The third-order valence-electron chi connectivity index (χ3n) is 5.91. The monoisotopic (exact) mass is 314 g/mol. The maximum absolute atomic E-state index is 13.0. The number of nitrogens with zero attached hydrogens (tertiary/aromatic N) is 1. The molecule has 23 heavy (non-hydrogen) atoms. The highest BCUT2D eigenvalue weighted by molar-refractivity contribution is 5.96. The van der Waals surface area contributed by atoms with Crippen molar-refractivity contribution in [1.82, 2.24) is 10.2 Å². The van der Waals surface area contributed by atoms with Gasteiger partial charge in [0, 0.05) is 18.7 Å². The molecular weight excluding hydrogens is 284 g/mol. The third-order valence-corrected chi connectivity index (χ3v) is 5.91. The van der Waals surface area contributed by atoms with E-state index in [1.165, 1.54) is 18.4 Å². The minimum absolute atomic E-state index is 0.242. The quantitative estimate of drug-likeness (QED) is 0.922. The number of carbonyl (C=O) groups is 1. The van der Waals surface area contributed by atoms with Crippen molar-refractivity contribution in [2.24, 2.45) is 11.3 Å². The Morgan fingerprint density at radius 1 is 1.30 bits per heavy atom. The van der Waals surface area contributed by atoms with Crippen LogP contribution in [-0.2, 0) is 6.42 Å². The van der Waals surface area contributed by atoms with E-state index in [2.05, 4.69) is 36.2 Å².